The minimum atomic E-state index is -0.609. The molecule has 5 rings (SSSR count). The van der Waals surface area contributed by atoms with E-state index in [1.54, 1.807) is 30.1 Å². The summed E-state index contributed by atoms with van der Waals surface area (Å²) in [7, 11) is 1.61. The molecule has 2 unspecified atom stereocenters. The molecule has 1 amide bonds. The molecule has 1 aromatic carbocycles. The van der Waals surface area contributed by atoms with Crippen LogP contribution in [0.5, 0.6) is 5.75 Å². The van der Waals surface area contributed by atoms with Gasteiger partial charge in [0, 0.05) is 42.3 Å². The van der Waals surface area contributed by atoms with E-state index in [-0.39, 0.29) is 60.4 Å². The molecule has 0 saturated carbocycles. The van der Waals surface area contributed by atoms with Gasteiger partial charge in [0.25, 0.3) is 5.56 Å². The van der Waals surface area contributed by atoms with Crippen LogP contribution in [0, 0.1) is 20.8 Å². The van der Waals surface area contributed by atoms with E-state index in [0.717, 1.165) is 28.2 Å². The quantitative estimate of drug-likeness (QED) is 0.231. The molecule has 1 aliphatic heterocycles. The van der Waals surface area contributed by atoms with Gasteiger partial charge in [-0.15, -0.1) is 37.2 Å². The van der Waals surface area contributed by atoms with Crippen LogP contribution in [0.4, 0.5) is 11.6 Å². The molecule has 4 heterocycles. The molecular weight excluding hydrogens is 625 g/mol. The van der Waals surface area contributed by atoms with Crippen LogP contribution >= 0.6 is 37.2 Å². The summed E-state index contributed by atoms with van der Waals surface area (Å²) in [6, 6.07) is 13.1. The van der Waals surface area contributed by atoms with E-state index >= 15 is 0 Å². The van der Waals surface area contributed by atoms with Gasteiger partial charge in [0.1, 0.15) is 17.6 Å². The van der Waals surface area contributed by atoms with Gasteiger partial charge in [-0.25, -0.2) is 9.97 Å². The number of carbonyl (C=O) groups excluding carboxylic acids is 1. The number of benzene rings is 1. The molecule has 10 nitrogen and oxygen atoms in total. The molecule has 0 saturated heterocycles. The largest absolute Gasteiger partial charge is 0.495 e. The third-order valence-electron chi connectivity index (χ3n) is 7.79. The maximum absolute atomic E-state index is 13.6. The smallest absolute Gasteiger partial charge is 0.294 e. The number of fused-ring (bicyclic) bond motifs is 1. The molecule has 1 aliphatic rings. The number of anilines is 2. The number of halogens is 3. The maximum Gasteiger partial charge on any atom is 0.294 e. The number of ether oxygens (including phenoxy) is 1. The fraction of sp³-hybridized carbons (Fsp3) is 0.323. The number of nitrogens with zero attached hydrogens (tertiary/aromatic N) is 4. The number of nitrogen functional groups attached to an aromatic ring is 1. The number of aryl methyl sites for hydroxylation is 4. The summed E-state index contributed by atoms with van der Waals surface area (Å²) in [5, 5.41) is 6.23. The molecule has 0 radical (unpaired) electrons. The molecule has 0 fully saturated rings. The third kappa shape index (κ3) is 7.80. The van der Waals surface area contributed by atoms with Crippen LogP contribution in [0.1, 0.15) is 57.7 Å². The van der Waals surface area contributed by atoms with Crippen molar-refractivity contribution < 1.29 is 9.53 Å². The first-order valence-electron chi connectivity index (χ1n) is 13.7. The minimum Gasteiger partial charge on any atom is -0.495 e. The Labute approximate surface area is 275 Å². The van der Waals surface area contributed by atoms with Gasteiger partial charge in [0.2, 0.25) is 5.91 Å². The molecule has 236 valence electrons. The maximum atomic E-state index is 13.6. The van der Waals surface area contributed by atoms with Crippen molar-refractivity contribution in [3.63, 3.8) is 0 Å². The van der Waals surface area contributed by atoms with Gasteiger partial charge in [-0.1, -0.05) is 24.3 Å². The minimum absolute atomic E-state index is 0. The monoisotopic (exact) mass is 661 g/mol. The topological polar surface area (TPSA) is 137 Å². The van der Waals surface area contributed by atoms with Crippen LogP contribution in [0.3, 0.4) is 0 Å². The van der Waals surface area contributed by atoms with E-state index < -0.39 is 6.04 Å². The Morgan fingerprint density at radius 1 is 1.05 bits per heavy atom. The zero-order valence-corrected chi connectivity index (χ0v) is 27.4. The summed E-state index contributed by atoms with van der Waals surface area (Å²) in [6.45, 7) is 6.71. The van der Waals surface area contributed by atoms with Crippen LogP contribution in [-0.4, -0.2) is 39.1 Å². The summed E-state index contributed by atoms with van der Waals surface area (Å²) in [6.07, 6.45) is 4.51. The van der Waals surface area contributed by atoms with Crippen molar-refractivity contribution in [2.45, 2.75) is 52.1 Å². The second-order valence-corrected chi connectivity index (χ2v) is 10.4. The summed E-state index contributed by atoms with van der Waals surface area (Å²) in [5.41, 5.74) is 12.1. The van der Waals surface area contributed by atoms with Gasteiger partial charge >= 0.3 is 0 Å². The van der Waals surface area contributed by atoms with E-state index in [0.29, 0.717) is 37.5 Å². The molecule has 13 heteroatoms. The Hall–Kier alpha value is -3.86. The summed E-state index contributed by atoms with van der Waals surface area (Å²) < 4.78 is 6.85. The number of pyridine rings is 2. The van der Waals surface area contributed by atoms with Crippen molar-refractivity contribution in [2.75, 3.05) is 24.7 Å². The number of hydrogen-bond donors (Lipinski definition) is 3. The van der Waals surface area contributed by atoms with Gasteiger partial charge in [-0.05, 0) is 74.1 Å². The first kappa shape index (κ1) is 36.3. The third-order valence-corrected chi connectivity index (χ3v) is 7.79. The Bertz CT molecular complexity index is 1650. The van der Waals surface area contributed by atoms with Crippen LogP contribution in [0.25, 0.3) is 0 Å². The molecule has 0 aliphatic carbocycles. The number of carbonyl (C=O) groups is 1. The van der Waals surface area contributed by atoms with E-state index in [9.17, 15) is 9.59 Å². The number of methoxy groups -OCH3 is 1. The van der Waals surface area contributed by atoms with Crippen molar-refractivity contribution in [1.82, 2.24) is 24.8 Å². The molecule has 4 aromatic rings. The fourth-order valence-corrected chi connectivity index (χ4v) is 5.20. The standard InChI is InChI=1S/C31H35N7O3.3ClH/c1-18-5-6-21(13-19(18)2)25(26-10-9-24(41-4)16-33-26)17-35-29-31(40)38-23(15-34-29)8-11-27(38)30(39)36-14-22-7-12-28(32)37-20(22)3;;;/h5-7,9-10,12-13,15-16,25,27H,8,11,14,17H2,1-4H3,(H2,32,37)(H,34,35)(H,36,39);3*1H. The second kappa shape index (κ2) is 15.7. The van der Waals surface area contributed by atoms with Crippen molar-refractivity contribution in [1.29, 1.82) is 0 Å². The van der Waals surface area contributed by atoms with Gasteiger partial charge in [-0.2, -0.15) is 0 Å². The molecule has 3 aromatic heterocycles. The van der Waals surface area contributed by atoms with Crippen molar-refractivity contribution >= 4 is 54.8 Å². The predicted molar refractivity (Wildman–Crippen MR) is 180 cm³/mol. The van der Waals surface area contributed by atoms with Crippen LogP contribution in [0.2, 0.25) is 0 Å². The van der Waals surface area contributed by atoms with Crippen LogP contribution in [0.15, 0.2) is 59.7 Å². The molecule has 2 atom stereocenters. The van der Waals surface area contributed by atoms with Crippen molar-refractivity contribution in [3.05, 3.63) is 105 Å². The SMILES string of the molecule is COc1ccc(C(CNc2ncc3n(c2=O)C(C(=O)NCc2ccc(N)nc2C)CC3)c2ccc(C)c(C)c2)nc1.Cl.Cl.Cl. The molecular formula is C31H38Cl3N7O3. The number of rotatable bonds is 9. The average Bonchev–Trinajstić information content (AvgIpc) is 3.41. The lowest BCUT2D eigenvalue weighted by Crippen LogP contribution is -2.36. The predicted octanol–water partition coefficient (Wildman–Crippen LogP) is 4.86. The fourth-order valence-electron chi connectivity index (χ4n) is 5.20. The number of aromatic nitrogens is 4. The van der Waals surface area contributed by atoms with Crippen molar-refractivity contribution in [3.8, 4) is 5.75 Å². The van der Waals surface area contributed by atoms with Gasteiger partial charge < -0.3 is 21.1 Å². The first-order valence-corrected chi connectivity index (χ1v) is 13.7. The summed E-state index contributed by atoms with van der Waals surface area (Å²) in [4.78, 5) is 40.1. The van der Waals surface area contributed by atoms with Gasteiger partial charge in [0.15, 0.2) is 5.82 Å². The highest BCUT2D eigenvalue weighted by atomic mass is 35.5. The summed E-state index contributed by atoms with van der Waals surface area (Å²) >= 11 is 0. The highest BCUT2D eigenvalue weighted by Crippen LogP contribution is 2.28. The van der Waals surface area contributed by atoms with E-state index in [1.807, 2.05) is 25.1 Å². The van der Waals surface area contributed by atoms with Crippen molar-refractivity contribution in [2.24, 2.45) is 0 Å². The highest BCUT2D eigenvalue weighted by molar-refractivity contribution is 5.86. The lowest BCUT2D eigenvalue weighted by Gasteiger charge is -2.20. The average molecular weight is 663 g/mol. The molecule has 4 N–H and O–H groups in total. The normalized spacial score (nSPS) is 13.8. The zero-order valence-electron chi connectivity index (χ0n) is 25.0. The molecule has 0 spiro atoms. The zero-order chi connectivity index (χ0) is 29.1. The number of hydrogen-bond acceptors (Lipinski definition) is 8. The van der Waals surface area contributed by atoms with E-state index in [4.69, 9.17) is 10.5 Å². The molecule has 44 heavy (non-hydrogen) atoms. The number of amides is 1. The number of nitrogens with two attached hydrogens (primary N) is 1. The van der Waals surface area contributed by atoms with E-state index in [1.165, 1.54) is 11.1 Å². The highest BCUT2D eigenvalue weighted by Gasteiger charge is 2.31. The van der Waals surface area contributed by atoms with Gasteiger partial charge in [0.05, 0.1) is 13.3 Å². The Balaban J connectivity index is 0.00000225. The lowest BCUT2D eigenvalue weighted by atomic mass is 9.92. The second-order valence-electron chi connectivity index (χ2n) is 10.4. The van der Waals surface area contributed by atoms with E-state index in [2.05, 4.69) is 57.6 Å². The Morgan fingerprint density at radius 3 is 2.48 bits per heavy atom. The number of nitrogens with one attached hydrogen (secondary N) is 2. The lowest BCUT2D eigenvalue weighted by molar-refractivity contribution is -0.124. The van der Waals surface area contributed by atoms with Gasteiger partial charge in [-0.3, -0.25) is 19.1 Å². The first-order chi connectivity index (χ1) is 19.7. The van der Waals surface area contributed by atoms with Crippen LogP contribution in [-0.2, 0) is 17.8 Å². The molecule has 0 bridgehead atoms. The van der Waals surface area contributed by atoms with Crippen LogP contribution < -0.4 is 26.7 Å². The Morgan fingerprint density at radius 2 is 1.82 bits per heavy atom. The summed E-state index contributed by atoms with van der Waals surface area (Å²) in [5.74, 6) is 0.953. The Kier molecular flexibility index (Phi) is 13.0.